The fraction of sp³-hybridized carbons (Fsp3) is 0.500. The topological polar surface area (TPSA) is 12.9 Å². The monoisotopic (exact) mass is 359 g/mol. The molecule has 3 rings (SSSR count). The van der Waals surface area contributed by atoms with E-state index in [1.165, 1.54) is 5.56 Å². The SMILES string of the molecule is CC.CCC(C)C(C)(CC)c1cccc2c(F)cc3sc(C)nc3c12. The number of halogens is 1. The Morgan fingerprint density at radius 3 is 2.52 bits per heavy atom. The fourth-order valence-corrected chi connectivity index (χ4v) is 4.51. The van der Waals surface area contributed by atoms with Gasteiger partial charge in [-0.05, 0) is 36.3 Å². The molecule has 25 heavy (non-hydrogen) atoms. The molecule has 0 aliphatic rings. The molecule has 1 heterocycles. The number of hydrogen-bond donors (Lipinski definition) is 0. The Bertz CT molecular complexity index is 867. The summed E-state index contributed by atoms with van der Waals surface area (Å²) in [5, 5.41) is 2.70. The Morgan fingerprint density at radius 2 is 1.92 bits per heavy atom. The first-order valence-electron chi connectivity index (χ1n) is 9.41. The van der Waals surface area contributed by atoms with Gasteiger partial charge in [-0.2, -0.15) is 0 Å². The van der Waals surface area contributed by atoms with Crippen molar-refractivity contribution in [1.29, 1.82) is 0 Å². The molecule has 0 saturated carbocycles. The zero-order valence-corrected chi connectivity index (χ0v) is 17.4. The van der Waals surface area contributed by atoms with Crippen LogP contribution in [0.25, 0.3) is 21.0 Å². The maximum Gasteiger partial charge on any atom is 0.132 e. The molecule has 0 amide bonds. The molecular weight excluding hydrogens is 329 g/mol. The van der Waals surface area contributed by atoms with E-state index in [9.17, 15) is 4.39 Å². The van der Waals surface area contributed by atoms with Crippen LogP contribution >= 0.6 is 11.3 Å². The molecule has 0 radical (unpaired) electrons. The van der Waals surface area contributed by atoms with Crippen LogP contribution < -0.4 is 0 Å². The lowest BCUT2D eigenvalue weighted by Gasteiger charge is -2.36. The van der Waals surface area contributed by atoms with E-state index in [0.717, 1.165) is 33.5 Å². The van der Waals surface area contributed by atoms with Gasteiger partial charge >= 0.3 is 0 Å². The maximum atomic E-state index is 14.7. The molecule has 0 N–H and O–H groups in total. The molecule has 3 aromatic rings. The molecule has 1 aromatic heterocycles. The maximum absolute atomic E-state index is 14.7. The summed E-state index contributed by atoms with van der Waals surface area (Å²) in [6.07, 6.45) is 2.14. The molecule has 0 saturated heterocycles. The van der Waals surface area contributed by atoms with E-state index in [1.54, 1.807) is 17.4 Å². The second-order valence-electron chi connectivity index (χ2n) is 6.75. The molecule has 0 bridgehead atoms. The van der Waals surface area contributed by atoms with E-state index < -0.39 is 0 Å². The van der Waals surface area contributed by atoms with Gasteiger partial charge in [-0.25, -0.2) is 9.37 Å². The summed E-state index contributed by atoms with van der Waals surface area (Å²) < 4.78 is 15.6. The number of aromatic nitrogens is 1. The second kappa shape index (κ2) is 7.82. The summed E-state index contributed by atoms with van der Waals surface area (Å²) in [4.78, 5) is 4.73. The van der Waals surface area contributed by atoms with Crippen LogP contribution in [0.3, 0.4) is 0 Å². The largest absolute Gasteiger partial charge is 0.241 e. The molecule has 136 valence electrons. The Balaban J connectivity index is 0.00000109. The molecular formula is C22H30FNS. The smallest absolute Gasteiger partial charge is 0.132 e. The van der Waals surface area contributed by atoms with Gasteiger partial charge in [0.25, 0.3) is 0 Å². The molecule has 0 aliphatic heterocycles. The second-order valence-corrected chi connectivity index (χ2v) is 7.98. The number of rotatable bonds is 4. The van der Waals surface area contributed by atoms with Gasteiger partial charge in [-0.15, -0.1) is 11.3 Å². The third-order valence-corrected chi connectivity index (χ3v) is 6.54. The van der Waals surface area contributed by atoms with Crippen LogP contribution in [0.2, 0.25) is 0 Å². The van der Waals surface area contributed by atoms with Crippen LogP contribution in [0, 0.1) is 18.7 Å². The minimum absolute atomic E-state index is 0.0203. The third-order valence-electron chi connectivity index (χ3n) is 5.63. The standard InChI is InChI=1S/C20H24FNS.C2H6/c1-6-12(3)20(5,7-2)15-10-8-9-14-16(21)11-17-19(18(14)15)22-13(4)23-17;1-2/h8-12H,6-7H2,1-5H3;1-2H3. The average molecular weight is 360 g/mol. The predicted octanol–water partition coefficient (Wildman–Crippen LogP) is 7.64. The minimum atomic E-state index is -0.138. The van der Waals surface area contributed by atoms with Crippen molar-refractivity contribution in [3.05, 3.63) is 40.7 Å². The molecule has 2 atom stereocenters. The summed E-state index contributed by atoms with van der Waals surface area (Å²) in [5.74, 6) is 0.386. The van der Waals surface area contributed by atoms with E-state index in [0.29, 0.717) is 11.3 Å². The van der Waals surface area contributed by atoms with Gasteiger partial charge in [-0.1, -0.05) is 66.2 Å². The zero-order chi connectivity index (χ0) is 18.8. The van der Waals surface area contributed by atoms with E-state index in [4.69, 9.17) is 4.98 Å². The summed E-state index contributed by atoms with van der Waals surface area (Å²) in [6, 6.07) is 7.68. The number of nitrogens with zero attached hydrogens (tertiary/aromatic N) is 1. The van der Waals surface area contributed by atoms with Crippen molar-refractivity contribution >= 4 is 32.3 Å². The average Bonchev–Trinajstić information content (AvgIpc) is 3.01. The fourth-order valence-electron chi connectivity index (χ4n) is 3.65. The van der Waals surface area contributed by atoms with Crippen molar-refractivity contribution in [2.45, 2.75) is 66.7 Å². The summed E-state index contributed by atoms with van der Waals surface area (Å²) in [7, 11) is 0. The van der Waals surface area contributed by atoms with Gasteiger partial charge in [0.15, 0.2) is 0 Å². The molecule has 0 spiro atoms. The number of benzene rings is 2. The van der Waals surface area contributed by atoms with E-state index in [1.807, 2.05) is 32.9 Å². The van der Waals surface area contributed by atoms with Gasteiger partial charge in [-0.3, -0.25) is 0 Å². The molecule has 3 heteroatoms. The Labute approximate surface area is 155 Å². The van der Waals surface area contributed by atoms with Crippen LogP contribution in [-0.2, 0) is 5.41 Å². The van der Waals surface area contributed by atoms with E-state index in [-0.39, 0.29) is 11.2 Å². The first kappa shape index (κ1) is 19.8. The van der Waals surface area contributed by atoms with Crippen LogP contribution in [0.4, 0.5) is 4.39 Å². The van der Waals surface area contributed by atoms with Crippen LogP contribution in [0.1, 0.15) is 65.0 Å². The number of hydrogen-bond acceptors (Lipinski definition) is 2. The van der Waals surface area contributed by atoms with Crippen molar-refractivity contribution in [2.24, 2.45) is 5.92 Å². The molecule has 2 aromatic carbocycles. The molecule has 0 fully saturated rings. The predicted molar refractivity (Wildman–Crippen MR) is 110 cm³/mol. The van der Waals surface area contributed by atoms with Crippen LogP contribution in [0.5, 0.6) is 0 Å². The highest BCUT2D eigenvalue weighted by Gasteiger charge is 2.32. The minimum Gasteiger partial charge on any atom is -0.241 e. The third kappa shape index (κ3) is 3.31. The lowest BCUT2D eigenvalue weighted by molar-refractivity contribution is 0.298. The van der Waals surface area contributed by atoms with Gasteiger partial charge < -0.3 is 0 Å². The highest BCUT2D eigenvalue weighted by atomic mass is 32.1. The Morgan fingerprint density at radius 1 is 1.24 bits per heavy atom. The normalized spacial score (nSPS) is 14.9. The summed E-state index contributed by atoms with van der Waals surface area (Å²) >= 11 is 1.57. The van der Waals surface area contributed by atoms with Crippen LogP contribution in [-0.4, -0.2) is 4.98 Å². The quantitative estimate of drug-likeness (QED) is 0.466. The van der Waals surface area contributed by atoms with Crippen molar-refractivity contribution in [2.75, 3.05) is 0 Å². The molecule has 0 aliphatic carbocycles. The van der Waals surface area contributed by atoms with Gasteiger partial charge in [0.2, 0.25) is 0 Å². The van der Waals surface area contributed by atoms with Crippen molar-refractivity contribution in [3.63, 3.8) is 0 Å². The molecule has 2 unspecified atom stereocenters. The lowest BCUT2D eigenvalue weighted by Crippen LogP contribution is -2.29. The zero-order valence-electron chi connectivity index (χ0n) is 16.5. The van der Waals surface area contributed by atoms with Gasteiger partial charge in [0.1, 0.15) is 5.82 Å². The molecule has 1 nitrogen and oxygen atoms in total. The van der Waals surface area contributed by atoms with Gasteiger partial charge in [0.05, 0.1) is 15.2 Å². The van der Waals surface area contributed by atoms with Crippen molar-refractivity contribution in [3.8, 4) is 0 Å². The highest BCUT2D eigenvalue weighted by Crippen LogP contribution is 2.43. The Hall–Kier alpha value is -1.48. The summed E-state index contributed by atoms with van der Waals surface area (Å²) in [5.41, 5.74) is 2.22. The lowest BCUT2D eigenvalue weighted by atomic mass is 9.68. The van der Waals surface area contributed by atoms with Crippen LogP contribution in [0.15, 0.2) is 24.3 Å². The number of aryl methyl sites for hydroxylation is 1. The Kier molecular flexibility index (Phi) is 6.21. The number of thiazole rings is 1. The van der Waals surface area contributed by atoms with Crippen molar-refractivity contribution in [1.82, 2.24) is 4.98 Å². The first-order chi connectivity index (χ1) is 11.9. The first-order valence-corrected chi connectivity index (χ1v) is 10.2. The van der Waals surface area contributed by atoms with E-state index >= 15 is 0 Å². The highest BCUT2D eigenvalue weighted by molar-refractivity contribution is 7.18. The summed E-state index contributed by atoms with van der Waals surface area (Å²) in [6.45, 7) is 15.1. The van der Waals surface area contributed by atoms with Crippen molar-refractivity contribution < 1.29 is 4.39 Å². The van der Waals surface area contributed by atoms with Gasteiger partial charge in [0, 0.05) is 10.8 Å². The number of fused-ring (bicyclic) bond motifs is 3. The van der Waals surface area contributed by atoms with E-state index in [2.05, 4.69) is 33.8 Å².